The first-order valence-electron chi connectivity index (χ1n) is 5.18. The molecule has 0 saturated carbocycles. The van der Waals surface area contributed by atoms with Crippen molar-refractivity contribution in [2.24, 2.45) is 0 Å². The van der Waals surface area contributed by atoms with E-state index in [-0.39, 0.29) is 30.9 Å². The molecule has 0 heterocycles. The van der Waals surface area contributed by atoms with Crippen molar-refractivity contribution in [1.29, 1.82) is 0 Å². The van der Waals surface area contributed by atoms with Crippen LogP contribution in [0.1, 0.15) is 13.3 Å². The van der Waals surface area contributed by atoms with Crippen LogP contribution in [0.15, 0.2) is 12.1 Å². The van der Waals surface area contributed by atoms with Crippen molar-refractivity contribution in [2.45, 2.75) is 13.3 Å². The van der Waals surface area contributed by atoms with Crippen molar-refractivity contribution in [3.63, 3.8) is 0 Å². The third kappa shape index (κ3) is 3.90. The van der Waals surface area contributed by atoms with Gasteiger partial charge in [-0.1, -0.05) is 0 Å². The minimum absolute atomic E-state index is 0.0101. The van der Waals surface area contributed by atoms with E-state index in [1.54, 1.807) is 6.92 Å². The highest BCUT2D eigenvalue weighted by Crippen LogP contribution is 2.21. The van der Waals surface area contributed by atoms with Crippen LogP contribution >= 0.6 is 0 Å². The highest BCUT2D eigenvalue weighted by atomic mass is 19.1. The molecule has 17 heavy (non-hydrogen) atoms. The predicted octanol–water partition coefficient (Wildman–Crippen LogP) is 1.91. The number of nitrogen functional groups attached to an aromatic ring is 1. The molecule has 6 heteroatoms. The number of nitrogens with one attached hydrogen (secondary N) is 1. The fourth-order valence-corrected chi connectivity index (χ4v) is 1.28. The molecule has 1 aromatic rings. The lowest BCUT2D eigenvalue weighted by atomic mass is 10.2. The number of nitrogens with two attached hydrogens (primary N) is 1. The molecule has 0 fully saturated rings. The van der Waals surface area contributed by atoms with E-state index in [2.05, 4.69) is 10.1 Å². The number of ether oxygens (including phenoxy) is 1. The molecule has 0 aliphatic carbocycles. The molecule has 3 N–H and O–H groups in total. The molecule has 0 atom stereocenters. The van der Waals surface area contributed by atoms with E-state index in [0.717, 1.165) is 12.1 Å². The second-order valence-electron chi connectivity index (χ2n) is 3.34. The van der Waals surface area contributed by atoms with Gasteiger partial charge in [-0.05, 0) is 19.1 Å². The highest BCUT2D eigenvalue weighted by molar-refractivity contribution is 5.70. The first-order valence-corrected chi connectivity index (χ1v) is 5.18. The highest BCUT2D eigenvalue weighted by Gasteiger charge is 2.10. The van der Waals surface area contributed by atoms with Crippen molar-refractivity contribution >= 4 is 17.3 Å². The van der Waals surface area contributed by atoms with Gasteiger partial charge in [0.05, 0.1) is 13.0 Å². The number of rotatable bonds is 5. The van der Waals surface area contributed by atoms with Gasteiger partial charge in [-0.2, -0.15) is 0 Å². The van der Waals surface area contributed by atoms with Crippen LogP contribution in [-0.4, -0.2) is 19.1 Å². The monoisotopic (exact) mass is 244 g/mol. The Bertz CT molecular complexity index is 387. The van der Waals surface area contributed by atoms with Crippen LogP contribution in [0.4, 0.5) is 20.2 Å². The summed E-state index contributed by atoms with van der Waals surface area (Å²) in [6.45, 7) is 2.06. The Morgan fingerprint density at radius 1 is 1.41 bits per heavy atom. The van der Waals surface area contributed by atoms with Crippen LogP contribution in [0.5, 0.6) is 0 Å². The van der Waals surface area contributed by atoms with Crippen molar-refractivity contribution < 1.29 is 18.3 Å². The number of hydrogen-bond donors (Lipinski definition) is 2. The lowest BCUT2D eigenvalue weighted by Crippen LogP contribution is -2.13. The van der Waals surface area contributed by atoms with Gasteiger partial charge in [0.2, 0.25) is 0 Å². The quantitative estimate of drug-likeness (QED) is 0.613. The summed E-state index contributed by atoms with van der Waals surface area (Å²) in [5.41, 5.74) is 4.98. The standard InChI is InChI=1S/C11H14F2N2O2/c1-2-17-10(16)3-4-15-11-8(12)5-7(14)6-9(11)13/h5-6,15H,2-4,14H2,1H3. The van der Waals surface area contributed by atoms with Crippen LogP contribution in [0.3, 0.4) is 0 Å². The topological polar surface area (TPSA) is 64.3 Å². The van der Waals surface area contributed by atoms with Crippen molar-refractivity contribution in [3.8, 4) is 0 Å². The Morgan fingerprint density at radius 3 is 2.53 bits per heavy atom. The molecule has 0 spiro atoms. The predicted molar refractivity (Wildman–Crippen MR) is 60.5 cm³/mol. The van der Waals surface area contributed by atoms with Gasteiger partial charge in [-0.25, -0.2) is 8.78 Å². The second kappa shape index (κ2) is 6.03. The SMILES string of the molecule is CCOC(=O)CCNc1c(F)cc(N)cc1F. The zero-order valence-electron chi connectivity index (χ0n) is 9.43. The van der Waals surface area contributed by atoms with E-state index in [4.69, 9.17) is 5.73 Å². The zero-order chi connectivity index (χ0) is 12.8. The van der Waals surface area contributed by atoms with Crippen LogP contribution < -0.4 is 11.1 Å². The first-order chi connectivity index (χ1) is 8.04. The second-order valence-corrected chi connectivity index (χ2v) is 3.34. The van der Waals surface area contributed by atoms with Gasteiger partial charge >= 0.3 is 5.97 Å². The molecule has 0 aliphatic heterocycles. The summed E-state index contributed by atoms with van der Waals surface area (Å²) < 4.78 is 31.2. The van der Waals surface area contributed by atoms with Crippen LogP contribution in [0, 0.1) is 11.6 Å². The van der Waals surface area contributed by atoms with E-state index in [9.17, 15) is 13.6 Å². The van der Waals surface area contributed by atoms with Crippen molar-refractivity contribution in [1.82, 2.24) is 0 Å². The average molecular weight is 244 g/mol. The maximum Gasteiger partial charge on any atom is 0.307 e. The Labute approximate surface area is 97.8 Å². The van der Waals surface area contributed by atoms with Gasteiger partial charge in [-0.3, -0.25) is 4.79 Å². The van der Waals surface area contributed by atoms with E-state index in [0.29, 0.717) is 0 Å². The van der Waals surface area contributed by atoms with E-state index in [1.807, 2.05) is 0 Å². The largest absolute Gasteiger partial charge is 0.466 e. The molecular formula is C11H14F2N2O2. The third-order valence-corrected chi connectivity index (χ3v) is 2.00. The summed E-state index contributed by atoms with van der Waals surface area (Å²) in [6, 6.07) is 2.02. The summed E-state index contributed by atoms with van der Waals surface area (Å²) in [4.78, 5) is 11.0. The van der Waals surface area contributed by atoms with Crippen molar-refractivity contribution in [2.75, 3.05) is 24.2 Å². The summed E-state index contributed by atoms with van der Waals surface area (Å²) in [5, 5.41) is 2.49. The minimum Gasteiger partial charge on any atom is -0.466 e. The molecule has 0 aliphatic rings. The summed E-state index contributed by atoms with van der Waals surface area (Å²) in [5.74, 6) is -1.99. The van der Waals surface area contributed by atoms with Crippen LogP contribution in [0.25, 0.3) is 0 Å². The number of carbonyl (C=O) groups is 1. The van der Waals surface area contributed by atoms with Gasteiger partial charge in [0.1, 0.15) is 5.69 Å². The molecule has 1 rings (SSSR count). The van der Waals surface area contributed by atoms with Gasteiger partial charge in [0.25, 0.3) is 0 Å². The molecule has 1 aromatic carbocycles. The summed E-state index contributed by atoms with van der Waals surface area (Å²) >= 11 is 0. The molecule has 0 saturated heterocycles. The van der Waals surface area contributed by atoms with Gasteiger partial charge in [0.15, 0.2) is 11.6 Å². The molecule has 0 bridgehead atoms. The Kier molecular flexibility index (Phi) is 4.68. The molecule has 94 valence electrons. The van der Waals surface area contributed by atoms with Gasteiger partial charge in [0, 0.05) is 12.2 Å². The molecule has 0 radical (unpaired) electrons. The molecule has 4 nitrogen and oxygen atoms in total. The smallest absolute Gasteiger partial charge is 0.307 e. The number of benzene rings is 1. The average Bonchev–Trinajstić information content (AvgIpc) is 2.22. The van der Waals surface area contributed by atoms with E-state index >= 15 is 0 Å². The first kappa shape index (κ1) is 13.2. The lowest BCUT2D eigenvalue weighted by Gasteiger charge is -2.09. The fourth-order valence-electron chi connectivity index (χ4n) is 1.28. The minimum atomic E-state index is -0.786. The Morgan fingerprint density at radius 2 is 2.00 bits per heavy atom. The third-order valence-electron chi connectivity index (χ3n) is 2.00. The van der Waals surface area contributed by atoms with Crippen LogP contribution in [0.2, 0.25) is 0 Å². The van der Waals surface area contributed by atoms with Crippen molar-refractivity contribution in [3.05, 3.63) is 23.8 Å². The number of esters is 1. The molecule has 0 amide bonds. The maximum absolute atomic E-state index is 13.3. The Balaban J connectivity index is 2.55. The maximum atomic E-state index is 13.3. The molecular weight excluding hydrogens is 230 g/mol. The molecule has 0 unspecified atom stereocenters. The fraction of sp³-hybridized carbons (Fsp3) is 0.364. The van der Waals surface area contributed by atoms with E-state index in [1.165, 1.54) is 0 Å². The number of halogens is 2. The number of carbonyl (C=O) groups excluding carboxylic acids is 1. The number of anilines is 2. The van der Waals surface area contributed by atoms with Gasteiger partial charge < -0.3 is 15.8 Å². The zero-order valence-corrected chi connectivity index (χ0v) is 9.43. The lowest BCUT2D eigenvalue weighted by molar-refractivity contribution is -0.142. The normalized spacial score (nSPS) is 10.1. The summed E-state index contributed by atoms with van der Waals surface area (Å²) in [6.07, 6.45) is 0.0388. The summed E-state index contributed by atoms with van der Waals surface area (Å²) in [7, 11) is 0. The van der Waals surface area contributed by atoms with Gasteiger partial charge in [-0.15, -0.1) is 0 Å². The van der Waals surface area contributed by atoms with E-state index < -0.39 is 17.6 Å². The molecule has 0 aromatic heterocycles. The number of hydrogen-bond acceptors (Lipinski definition) is 4. The Hall–Kier alpha value is -1.85. The van der Waals surface area contributed by atoms with Crippen LogP contribution in [-0.2, 0) is 9.53 Å².